The fourth-order valence-electron chi connectivity index (χ4n) is 2.37. The number of hydrogen-bond donors (Lipinski definition) is 2. The lowest BCUT2D eigenvalue weighted by atomic mass is 10.2. The van der Waals surface area contributed by atoms with Crippen molar-refractivity contribution in [2.75, 3.05) is 6.54 Å². The molecule has 2 aromatic heterocycles. The van der Waals surface area contributed by atoms with Crippen molar-refractivity contribution in [3.63, 3.8) is 0 Å². The minimum absolute atomic E-state index is 0.188. The number of carbonyl (C=O) groups excluding carboxylic acids is 1. The van der Waals surface area contributed by atoms with Gasteiger partial charge in [-0.3, -0.25) is 4.79 Å². The largest absolute Gasteiger partial charge is 0.351 e. The number of benzene rings is 1. The van der Waals surface area contributed by atoms with Crippen LogP contribution in [-0.2, 0) is 13.5 Å². The van der Waals surface area contributed by atoms with Crippen LogP contribution in [0.2, 0.25) is 0 Å². The summed E-state index contributed by atoms with van der Waals surface area (Å²) in [4.78, 5) is 12.2. The molecular formula is C14H15FN6O. The molecule has 2 N–H and O–H groups in total. The van der Waals surface area contributed by atoms with E-state index in [0.717, 1.165) is 5.52 Å². The Morgan fingerprint density at radius 1 is 1.41 bits per heavy atom. The topological polar surface area (TPSA) is 88.5 Å². The van der Waals surface area contributed by atoms with Crippen LogP contribution in [0, 0.1) is 5.82 Å². The number of aromatic nitrogens is 5. The van der Waals surface area contributed by atoms with E-state index in [1.807, 2.05) is 0 Å². The zero-order valence-corrected chi connectivity index (χ0v) is 12.0. The second kappa shape index (κ2) is 5.92. The minimum Gasteiger partial charge on any atom is -0.351 e. The number of hydrogen-bond acceptors (Lipinski definition) is 4. The molecule has 0 atom stereocenters. The number of nitrogens with one attached hydrogen (secondary N) is 2. The Bertz CT molecular complexity index is 795. The molecular weight excluding hydrogens is 287 g/mol. The average Bonchev–Trinajstić information content (AvgIpc) is 3.11. The van der Waals surface area contributed by atoms with Gasteiger partial charge in [0.1, 0.15) is 11.5 Å². The smallest absolute Gasteiger partial charge is 0.267 e. The van der Waals surface area contributed by atoms with Gasteiger partial charge in [-0.05, 0) is 30.7 Å². The van der Waals surface area contributed by atoms with Gasteiger partial charge in [0.05, 0.1) is 0 Å². The van der Waals surface area contributed by atoms with Crippen LogP contribution in [-0.4, -0.2) is 37.6 Å². The summed E-state index contributed by atoms with van der Waals surface area (Å²) in [6, 6.07) is 6.15. The number of halogens is 1. The third-order valence-electron chi connectivity index (χ3n) is 3.49. The Labute approximate surface area is 125 Å². The van der Waals surface area contributed by atoms with Gasteiger partial charge in [-0.15, -0.1) is 10.2 Å². The molecule has 0 unspecified atom stereocenters. The number of amides is 1. The second-order valence-corrected chi connectivity index (χ2v) is 4.98. The Morgan fingerprint density at radius 3 is 3.05 bits per heavy atom. The fourth-order valence-corrected chi connectivity index (χ4v) is 2.37. The van der Waals surface area contributed by atoms with Gasteiger partial charge in [-0.1, -0.05) is 5.21 Å². The molecule has 0 bridgehead atoms. The van der Waals surface area contributed by atoms with Gasteiger partial charge in [-0.25, -0.2) is 4.39 Å². The first-order valence-corrected chi connectivity index (χ1v) is 6.90. The number of tetrazole rings is 1. The Morgan fingerprint density at radius 2 is 2.27 bits per heavy atom. The molecule has 8 heteroatoms. The molecule has 3 aromatic rings. The van der Waals surface area contributed by atoms with Crippen LogP contribution in [0.5, 0.6) is 0 Å². The summed E-state index contributed by atoms with van der Waals surface area (Å²) >= 11 is 0. The van der Waals surface area contributed by atoms with Crippen LogP contribution >= 0.6 is 0 Å². The summed E-state index contributed by atoms with van der Waals surface area (Å²) in [7, 11) is 1.79. The van der Waals surface area contributed by atoms with Crippen molar-refractivity contribution in [1.82, 2.24) is 30.5 Å². The van der Waals surface area contributed by atoms with Crippen molar-refractivity contribution in [2.24, 2.45) is 7.05 Å². The van der Waals surface area contributed by atoms with E-state index in [1.54, 1.807) is 23.7 Å². The molecule has 3 rings (SSSR count). The number of aryl methyl sites for hydroxylation is 2. The highest BCUT2D eigenvalue weighted by Crippen LogP contribution is 2.19. The van der Waals surface area contributed by atoms with E-state index >= 15 is 0 Å². The molecule has 2 heterocycles. The Hall–Kier alpha value is -2.77. The molecule has 1 amide bonds. The van der Waals surface area contributed by atoms with E-state index in [9.17, 15) is 9.18 Å². The van der Waals surface area contributed by atoms with Gasteiger partial charge >= 0.3 is 0 Å². The fraction of sp³-hybridized carbons (Fsp3) is 0.286. The molecule has 0 saturated carbocycles. The van der Waals surface area contributed by atoms with Crippen molar-refractivity contribution in [2.45, 2.75) is 12.8 Å². The molecule has 1 aromatic carbocycles. The van der Waals surface area contributed by atoms with Crippen LogP contribution in [0.25, 0.3) is 10.9 Å². The monoisotopic (exact) mass is 302 g/mol. The summed E-state index contributed by atoms with van der Waals surface area (Å²) < 4.78 is 15.0. The van der Waals surface area contributed by atoms with Crippen LogP contribution in [0.4, 0.5) is 4.39 Å². The molecule has 0 saturated heterocycles. The van der Waals surface area contributed by atoms with E-state index in [-0.39, 0.29) is 11.7 Å². The highest BCUT2D eigenvalue weighted by molar-refractivity contribution is 5.98. The molecule has 7 nitrogen and oxygen atoms in total. The SMILES string of the molecule is Cn1c(C(=O)NCCCc2nn[nH]n2)cc2cc(F)ccc21. The van der Waals surface area contributed by atoms with Crippen LogP contribution < -0.4 is 5.32 Å². The van der Waals surface area contributed by atoms with Crippen molar-refractivity contribution in [1.29, 1.82) is 0 Å². The first-order valence-electron chi connectivity index (χ1n) is 6.90. The molecule has 22 heavy (non-hydrogen) atoms. The number of fused-ring (bicyclic) bond motifs is 1. The van der Waals surface area contributed by atoms with Gasteiger partial charge in [0.15, 0.2) is 5.82 Å². The van der Waals surface area contributed by atoms with Crippen LogP contribution in [0.15, 0.2) is 24.3 Å². The van der Waals surface area contributed by atoms with Crippen molar-refractivity contribution >= 4 is 16.8 Å². The normalized spacial score (nSPS) is 11.0. The predicted molar refractivity (Wildman–Crippen MR) is 77.7 cm³/mol. The molecule has 0 aliphatic carbocycles. The number of nitrogens with zero attached hydrogens (tertiary/aromatic N) is 4. The maximum atomic E-state index is 13.2. The minimum atomic E-state index is -0.315. The van der Waals surface area contributed by atoms with Crippen LogP contribution in [0.1, 0.15) is 22.7 Å². The van der Waals surface area contributed by atoms with Crippen molar-refractivity contribution in [3.05, 3.63) is 41.6 Å². The molecule has 0 aliphatic heterocycles. The zero-order valence-electron chi connectivity index (χ0n) is 12.0. The first kappa shape index (κ1) is 14.2. The number of H-pyrrole nitrogens is 1. The highest BCUT2D eigenvalue weighted by Gasteiger charge is 2.13. The maximum Gasteiger partial charge on any atom is 0.267 e. The summed E-state index contributed by atoms with van der Waals surface area (Å²) in [5.41, 5.74) is 1.32. The lowest BCUT2D eigenvalue weighted by molar-refractivity contribution is 0.0945. The maximum absolute atomic E-state index is 13.2. The third kappa shape index (κ3) is 2.80. The van der Waals surface area contributed by atoms with Gasteiger partial charge in [0.2, 0.25) is 0 Å². The second-order valence-electron chi connectivity index (χ2n) is 4.98. The van der Waals surface area contributed by atoms with E-state index < -0.39 is 0 Å². The zero-order chi connectivity index (χ0) is 15.5. The quantitative estimate of drug-likeness (QED) is 0.693. The summed E-state index contributed by atoms with van der Waals surface area (Å²) in [5.74, 6) is 0.117. The molecule has 114 valence electrons. The number of rotatable bonds is 5. The number of aromatic amines is 1. The molecule has 0 aliphatic rings. The van der Waals surface area contributed by atoms with Gasteiger partial charge in [0, 0.05) is 30.9 Å². The average molecular weight is 302 g/mol. The Balaban J connectivity index is 1.63. The summed E-state index contributed by atoms with van der Waals surface area (Å²) in [5, 5.41) is 17.1. The molecule has 0 radical (unpaired) electrons. The van der Waals surface area contributed by atoms with Gasteiger partial charge in [0.25, 0.3) is 5.91 Å². The van der Waals surface area contributed by atoms with Crippen LogP contribution in [0.3, 0.4) is 0 Å². The van der Waals surface area contributed by atoms with Gasteiger partial charge in [-0.2, -0.15) is 5.21 Å². The predicted octanol–water partition coefficient (Wildman–Crippen LogP) is 1.19. The molecule has 0 fully saturated rings. The summed E-state index contributed by atoms with van der Waals surface area (Å²) in [6.45, 7) is 0.503. The first-order chi connectivity index (χ1) is 10.6. The van der Waals surface area contributed by atoms with E-state index in [4.69, 9.17) is 0 Å². The lowest BCUT2D eigenvalue weighted by Gasteiger charge is -2.05. The number of carbonyl (C=O) groups is 1. The lowest BCUT2D eigenvalue weighted by Crippen LogP contribution is -2.26. The Kier molecular flexibility index (Phi) is 3.82. The van der Waals surface area contributed by atoms with E-state index in [1.165, 1.54) is 12.1 Å². The van der Waals surface area contributed by atoms with Crippen molar-refractivity contribution in [3.8, 4) is 0 Å². The van der Waals surface area contributed by atoms with Gasteiger partial charge < -0.3 is 9.88 Å². The van der Waals surface area contributed by atoms with E-state index in [0.29, 0.717) is 36.3 Å². The standard InChI is InChI=1S/C14H15FN6O/c1-21-11-5-4-10(15)7-9(11)8-12(21)14(22)16-6-2-3-13-17-19-20-18-13/h4-5,7-8H,2-3,6H2,1H3,(H,16,22)(H,17,18,19,20). The molecule has 0 spiro atoms. The van der Waals surface area contributed by atoms with Crippen molar-refractivity contribution < 1.29 is 9.18 Å². The van der Waals surface area contributed by atoms with E-state index in [2.05, 4.69) is 25.9 Å². The highest BCUT2D eigenvalue weighted by atomic mass is 19.1. The third-order valence-corrected chi connectivity index (χ3v) is 3.49. The summed E-state index contributed by atoms with van der Waals surface area (Å²) in [6.07, 6.45) is 1.35.